The van der Waals surface area contributed by atoms with Gasteiger partial charge in [0.15, 0.2) is 0 Å². The summed E-state index contributed by atoms with van der Waals surface area (Å²) in [7, 11) is 0. The lowest BCUT2D eigenvalue weighted by Gasteiger charge is -2.32. The summed E-state index contributed by atoms with van der Waals surface area (Å²) in [6.07, 6.45) is -4.22. The van der Waals surface area contributed by atoms with Gasteiger partial charge in [-0.2, -0.15) is 13.2 Å². The molecule has 0 saturated carbocycles. The average Bonchev–Trinajstić information content (AvgIpc) is 2.33. The van der Waals surface area contributed by atoms with Gasteiger partial charge in [0, 0.05) is 24.8 Å². The van der Waals surface area contributed by atoms with Crippen LogP contribution in [0.5, 0.6) is 0 Å². The lowest BCUT2D eigenvalue weighted by Crippen LogP contribution is -2.41. The molecule has 1 heterocycles. The lowest BCUT2D eigenvalue weighted by molar-refractivity contribution is -0.150. The first-order valence-corrected chi connectivity index (χ1v) is 7.06. The minimum absolute atomic E-state index is 0.120. The van der Waals surface area contributed by atoms with E-state index in [2.05, 4.69) is 15.9 Å². The Bertz CT molecular complexity index is 266. The van der Waals surface area contributed by atoms with Crippen LogP contribution in [0.1, 0.15) is 25.7 Å². The second-order valence-corrected chi connectivity index (χ2v) is 5.05. The van der Waals surface area contributed by atoms with E-state index in [0.29, 0.717) is 32.5 Å². The van der Waals surface area contributed by atoms with Gasteiger partial charge in [-0.1, -0.05) is 15.9 Å². The predicted molar refractivity (Wildman–Crippen MR) is 64.6 cm³/mol. The van der Waals surface area contributed by atoms with Crippen molar-refractivity contribution in [2.45, 2.75) is 38.0 Å². The first-order chi connectivity index (χ1) is 8.42. The van der Waals surface area contributed by atoms with Crippen LogP contribution in [0.3, 0.4) is 0 Å². The molecule has 0 atom stereocenters. The Balaban J connectivity index is 2.23. The van der Waals surface area contributed by atoms with E-state index in [0.717, 1.165) is 5.33 Å². The van der Waals surface area contributed by atoms with E-state index in [1.165, 1.54) is 4.90 Å². The van der Waals surface area contributed by atoms with Gasteiger partial charge in [0.2, 0.25) is 5.91 Å². The van der Waals surface area contributed by atoms with Crippen LogP contribution in [0, 0.1) is 0 Å². The minimum Gasteiger partial charge on any atom is -0.377 e. The number of carbonyl (C=O) groups excluding carboxylic acids is 1. The number of amides is 1. The van der Waals surface area contributed by atoms with Crippen molar-refractivity contribution in [3.05, 3.63) is 0 Å². The van der Waals surface area contributed by atoms with Crippen molar-refractivity contribution in [1.29, 1.82) is 0 Å². The molecule has 1 saturated heterocycles. The van der Waals surface area contributed by atoms with Gasteiger partial charge in [0.05, 0.1) is 19.1 Å². The molecule has 0 bridgehead atoms. The van der Waals surface area contributed by atoms with Gasteiger partial charge >= 0.3 is 6.18 Å². The van der Waals surface area contributed by atoms with Gasteiger partial charge in [0.1, 0.15) is 0 Å². The molecule has 0 aliphatic carbocycles. The number of alkyl halides is 4. The van der Waals surface area contributed by atoms with Crippen LogP contribution in [-0.2, 0) is 9.53 Å². The smallest absolute Gasteiger partial charge is 0.377 e. The summed E-state index contributed by atoms with van der Waals surface area (Å²) >= 11 is 3.25. The van der Waals surface area contributed by atoms with E-state index < -0.39 is 24.9 Å². The number of nitrogens with zero attached hydrogens (tertiary/aromatic N) is 1. The van der Waals surface area contributed by atoms with Crippen LogP contribution in [0.2, 0.25) is 0 Å². The largest absolute Gasteiger partial charge is 0.389 e. The molecule has 18 heavy (non-hydrogen) atoms. The molecule has 1 amide bonds. The Morgan fingerprint density at radius 2 is 1.94 bits per heavy atom. The number of piperidine rings is 1. The number of likely N-dealkylation sites (tertiary alicyclic amines) is 1. The standard InChI is InChI=1S/C11H17BrF3NO2/c12-5-8-18-9-2-6-16(7-3-9)10(17)1-4-11(13,14)15/h9H,1-8H2. The first-order valence-electron chi connectivity index (χ1n) is 5.94. The van der Waals surface area contributed by atoms with Crippen LogP contribution in [0.25, 0.3) is 0 Å². The zero-order chi connectivity index (χ0) is 13.6. The third kappa shape index (κ3) is 6.04. The highest BCUT2D eigenvalue weighted by Crippen LogP contribution is 2.23. The second kappa shape index (κ2) is 7.33. The zero-order valence-electron chi connectivity index (χ0n) is 10.0. The fourth-order valence-corrected chi connectivity index (χ4v) is 2.08. The fourth-order valence-electron chi connectivity index (χ4n) is 1.89. The number of carbonyl (C=O) groups is 1. The van der Waals surface area contributed by atoms with Crippen molar-refractivity contribution in [2.24, 2.45) is 0 Å². The normalized spacial score (nSPS) is 18.1. The van der Waals surface area contributed by atoms with Crippen molar-refractivity contribution in [1.82, 2.24) is 4.90 Å². The number of hydrogen-bond donors (Lipinski definition) is 0. The van der Waals surface area contributed by atoms with E-state index in [9.17, 15) is 18.0 Å². The van der Waals surface area contributed by atoms with Crippen molar-refractivity contribution < 1.29 is 22.7 Å². The monoisotopic (exact) mass is 331 g/mol. The summed E-state index contributed by atoms with van der Waals surface area (Å²) in [6, 6.07) is 0. The Kier molecular flexibility index (Phi) is 6.42. The SMILES string of the molecule is O=C(CCC(F)(F)F)N1CCC(OCCBr)CC1. The van der Waals surface area contributed by atoms with Crippen molar-refractivity contribution >= 4 is 21.8 Å². The molecule has 0 N–H and O–H groups in total. The molecule has 3 nitrogen and oxygen atoms in total. The molecule has 0 aromatic heterocycles. The summed E-state index contributed by atoms with van der Waals surface area (Å²) in [4.78, 5) is 13.0. The Morgan fingerprint density at radius 3 is 2.44 bits per heavy atom. The maximum atomic E-state index is 12.0. The molecule has 7 heteroatoms. The molecule has 1 rings (SSSR count). The summed E-state index contributed by atoms with van der Waals surface area (Å²) < 4.78 is 41.5. The topological polar surface area (TPSA) is 29.5 Å². The van der Waals surface area contributed by atoms with Gasteiger partial charge in [-0.25, -0.2) is 0 Å². The molecule has 1 aliphatic rings. The van der Waals surface area contributed by atoms with Crippen molar-refractivity contribution in [2.75, 3.05) is 25.0 Å². The van der Waals surface area contributed by atoms with Crippen LogP contribution in [0.4, 0.5) is 13.2 Å². The molecule has 0 aromatic rings. The van der Waals surface area contributed by atoms with E-state index in [1.807, 2.05) is 0 Å². The molecule has 0 radical (unpaired) electrons. The molecule has 1 aliphatic heterocycles. The van der Waals surface area contributed by atoms with E-state index in [1.54, 1.807) is 0 Å². The highest BCUT2D eigenvalue weighted by molar-refractivity contribution is 9.09. The van der Waals surface area contributed by atoms with Crippen molar-refractivity contribution in [3.8, 4) is 0 Å². The summed E-state index contributed by atoms with van der Waals surface area (Å²) in [6.45, 7) is 1.60. The van der Waals surface area contributed by atoms with E-state index in [4.69, 9.17) is 4.74 Å². The highest BCUT2D eigenvalue weighted by Gasteiger charge is 2.30. The molecule has 106 valence electrons. The second-order valence-electron chi connectivity index (χ2n) is 4.26. The van der Waals surface area contributed by atoms with Crippen molar-refractivity contribution in [3.63, 3.8) is 0 Å². The molecule has 0 spiro atoms. The van der Waals surface area contributed by atoms with Gasteiger partial charge in [0.25, 0.3) is 0 Å². The third-order valence-electron chi connectivity index (χ3n) is 2.85. The average molecular weight is 332 g/mol. The Labute approximate surface area is 113 Å². The van der Waals surface area contributed by atoms with Gasteiger partial charge in [-0.3, -0.25) is 4.79 Å². The lowest BCUT2D eigenvalue weighted by atomic mass is 10.1. The van der Waals surface area contributed by atoms with Gasteiger partial charge < -0.3 is 9.64 Å². The summed E-state index contributed by atoms with van der Waals surface area (Å²) in [5, 5.41) is 0.762. The molecule has 0 aromatic carbocycles. The molecule has 0 unspecified atom stereocenters. The number of ether oxygens (including phenoxy) is 1. The quantitative estimate of drug-likeness (QED) is 0.725. The zero-order valence-corrected chi connectivity index (χ0v) is 11.6. The first kappa shape index (κ1) is 15.8. The predicted octanol–water partition coefficient (Wildman–Crippen LogP) is 2.73. The summed E-state index contributed by atoms with van der Waals surface area (Å²) in [5.41, 5.74) is 0. The Morgan fingerprint density at radius 1 is 1.33 bits per heavy atom. The van der Waals surface area contributed by atoms with Crippen LogP contribution in [-0.4, -0.2) is 48.1 Å². The van der Waals surface area contributed by atoms with Gasteiger partial charge in [-0.05, 0) is 12.8 Å². The van der Waals surface area contributed by atoms with Crippen LogP contribution in [0.15, 0.2) is 0 Å². The maximum Gasteiger partial charge on any atom is 0.389 e. The van der Waals surface area contributed by atoms with E-state index >= 15 is 0 Å². The molecule has 1 fully saturated rings. The number of halogens is 4. The number of rotatable bonds is 5. The summed E-state index contributed by atoms with van der Waals surface area (Å²) in [5.74, 6) is -0.411. The minimum atomic E-state index is -4.26. The fraction of sp³-hybridized carbons (Fsp3) is 0.909. The maximum absolute atomic E-state index is 12.0. The Hall–Kier alpha value is -0.300. The van der Waals surface area contributed by atoms with Crippen LogP contribution < -0.4 is 0 Å². The third-order valence-corrected chi connectivity index (χ3v) is 3.17. The van der Waals surface area contributed by atoms with E-state index in [-0.39, 0.29) is 6.10 Å². The van der Waals surface area contributed by atoms with Crippen LogP contribution >= 0.6 is 15.9 Å². The molecular weight excluding hydrogens is 315 g/mol. The molecular formula is C11H17BrF3NO2. The number of hydrogen-bond acceptors (Lipinski definition) is 2. The van der Waals surface area contributed by atoms with Gasteiger partial charge in [-0.15, -0.1) is 0 Å². The highest BCUT2D eigenvalue weighted by atomic mass is 79.9.